The monoisotopic (exact) mass is 1060 g/mol. The van der Waals surface area contributed by atoms with Gasteiger partial charge >= 0.3 is 24.0 Å². The number of hydrogen-bond donors (Lipinski definition) is 4. The number of ether oxygens (including phenoxy) is 6. The number of unbranched alkanes of at least 4 members (excludes halogenated alkanes) is 2. The molecule has 17 heteroatoms. The lowest BCUT2D eigenvalue weighted by molar-refractivity contribution is -0.269. The van der Waals surface area contributed by atoms with Crippen LogP contribution in [0.2, 0.25) is 5.04 Å². The first kappa shape index (κ1) is 58.1. The lowest BCUT2D eigenvalue weighted by Crippen LogP contribution is -2.67. The second kappa shape index (κ2) is 27.6. The highest BCUT2D eigenvalue weighted by Gasteiger charge is 2.54. The molecule has 6 atom stereocenters. The van der Waals surface area contributed by atoms with Gasteiger partial charge in [-0.3, -0.25) is 9.59 Å². The molecule has 0 aromatic heterocycles. The molecule has 0 saturated carbocycles. The standard InChI is InChI=1S/C59H71N3O13Si/c1-41(63)62-50-52(74-55(67)44-29-17-9-18-30-44)51(73-54(66)43-27-15-8-16-28-43)48(36-37-59(5,6)76(69,46-31-19-10-20-32-46)47-33-21-11-22-34-47)72-56(50)70-40-45(71-53(65)42-25-13-7-14-26-42)39-61-49(64)35-23-12-24-38-60-57(68)75-58(2,3)4/h7-11,13-22,25-34,45,48,50-52,56,69H,12,23-24,35-40H2,1-6H3,(H,60,68)(H,61,64)(H,62,63). The summed E-state index contributed by atoms with van der Waals surface area (Å²) in [5.74, 6) is -3.11. The van der Waals surface area contributed by atoms with E-state index in [0.29, 0.717) is 25.8 Å². The van der Waals surface area contributed by atoms with E-state index in [2.05, 4.69) is 16.0 Å². The van der Waals surface area contributed by atoms with Crippen LogP contribution in [0.3, 0.4) is 0 Å². The molecule has 3 amide bonds. The fourth-order valence-corrected chi connectivity index (χ4v) is 12.8. The summed E-state index contributed by atoms with van der Waals surface area (Å²) in [6, 6.07) is 42.5. The minimum Gasteiger partial charge on any atom is -0.454 e. The Morgan fingerprint density at radius 3 is 1.62 bits per heavy atom. The summed E-state index contributed by atoms with van der Waals surface area (Å²) >= 11 is 0. The Kier molecular flexibility index (Phi) is 21.1. The van der Waals surface area contributed by atoms with Gasteiger partial charge in [-0.2, -0.15) is 0 Å². The van der Waals surface area contributed by atoms with Crippen molar-refractivity contribution in [3.63, 3.8) is 0 Å². The zero-order valence-electron chi connectivity index (χ0n) is 44.1. The average Bonchev–Trinajstić information content (AvgIpc) is 3.42. The van der Waals surface area contributed by atoms with E-state index >= 15 is 0 Å². The molecule has 16 nitrogen and oxygen atoms in total. The SMILES string of the molecule is CC(=O)NC1C(OCC(CNC(=O)CCCCCNC(=O)OC(C)(C)C)OC(=O)c2ccccc2)OC(CCC(C)(C)[Si](O)(c2ccccc2)c2ccccc2)C(OC(=O)c2ccccc2)C1OC(=O)c1ccccc1. The Morgan fingerprint density at radius 1 is 0.632 bits per heavy atom. The fourth-order valence-electron chi connectivity index (χ4n) is 9.01. The van der Waals surface area contributed by atoms with Crippen LogP contribution < -0.4 is 26.3 Å². The summed E-state index contributed by atoms with van der Waals surface area (Å²) in [4.78, 5) is 93.7. The molecule has 5 aromatic carbocycles. The van der Waals surface area contributed by atoms with Gasteiger partial charge in [-0.15, -0.1) is 0 Å². The molecule has 0 radical (unpaired) electrons. The van der Waals surface area contributed by atoms with Crippen molar-refractivity contribution in [2.45, 2.75) is 127 Å². The molecule has 1 aliphatic heterocycles. The van der Waals surface area contributed by atoms with E-state index in [9.17, 15) is 33.6 Å². The van der Waals surface area contributed by atoms with Gasteiger partial charge in [0.05, 0.1) is 29.8 Å². The van der Waals surface area contributed by atoms with E-state index in [-0.39, 0.29) is 48.4 Å². The van der Waals surface area contributed by atoms with Crippen LogP contribution in [0.25, 0.3) is 0 Å². The summed E-state index contributed by atoms with van der Waals surface area (Å²) in [5.41, 5.74) is 0.0136. The van der Waals surface area contributed by atoms with Crippen molar-refractivity contribution >= 4 is 54.5 Å². The number of carbonyl (C=O) groups is 6. The van der Waals surface area contributed by atoms with Gasteiger partial charge in [-0.05, 0) is 98.3 Å². The Bertz CT molecular complexity index is 2620. The molecule has 1 saturated heterocycles. The lowest BCUT2D eigenvalue weighted by Gasteiger charge is -2.47. The van der Waals surface area contributed by atoms with Crippen molar-refractivity contribution in [3.05, 3.63) is 168 Å². The van der Waals surface area contributed by atoms with Gasteiger partial charge in [-0.25, -0.2) is 19.2 Å². The van der Waals surface area contributed by atoms with Crippen molar-refractivity contribution in [1.29, 1.82) is 0 Å². The topological polar surface area (TPSA) is 214 Å². The summed E-state index contributed by atoms with van der Waals surface area (Å²) in [5, 5.41) is 9.12. The van der Waals surface area contributed by atoms with Crippen LogP contribution in [0.4, 0.5) is 4.79 Å². The molecule has 6 unspecified atom stereocenters. The highest BCUT2D eigenvalue weighted by Crippen LogP contribution is 2.42. The van der Waals surface area contributed by atoms with E-state index in [4.69, 9.17) is 28.4 Å². The highest BCUT2D eigenvalue weighted by atomic mass is 28.4. The maximum absolute atomic E-state index is 14.2. The molecule has 76 heavy (non-hydrogen) atoms. The number of amides is 3. The highest BCUT2D eigenvalue weighted by molar-refractivity contribution is 6.98. The average molecular weight is 1060 g/mol. The number of esters is 3. The van der Waals surface area contributed by atoms with Gasteiger partial charge in [0.2, 0.25) is 11.8 Å². The molecular formula is C59H71N3O13Si. The van der Waals surface area contributed by atoms with Gasteiger partial charge in [0.1, 0.15) is 23.9 Å². The maximum Gasteiger partial charge on any atom is 0.407 e. The van der Waals surface area contributed by atoms with E-state index in [1.165, 1.54) is 6.92 Å². The molecule has 6 rings (SSSR count). The Balaban J connectivity index is 1.31. The minimum atomic E-state index is -3.62. The number of hydrogen-bond acceptors (Lipinski definition) is 13. The molecule has 0 aliphatic carbocycles. The van der Waals surface area contributed by atoms with Crippen LogP contribution in [-0.4, -0.2) is 111 Å². The van der Waals surface area contributed by atoms with Crippen molar-refractivity contribution in [2.75, 3.05) is 19.7 Å². The number of benzene rings is 5. The zero-order valence-corrected chi connectivity index (χ0v) is 45.1. The first-order valence-electron chi connectivity index (χ1n) is 25.7. The molecule has 0 spiro atoms. The van der Waals surface area contributed by atoms with Gasteiger partial charge < -0.3 is 49.2 Å². The first-order valence-corrected chi connectivity index (χ1v) is 27.7. The van der Waals surface area contributed by atoms with E-state index in [1.54, 1.807) is 112 Å². The van der Waals surface area contributed by atoms with Crippen LogP contribution >= 0.6 is 0 Å². The molecule has 1 aliphatic rings. The third kappa shape index (κ3) is 16.7. The predicted octanol–water partition coefficient (Wildman–Crippen LogP) is 7.42. The summed E-state index contributed by atoms with van der Waals surface area (Å²) in [7, 11) is -3.62. The van der Waals surface area contributed by atoms with Crippen molar-refractivity contribution in [1.82, 2.24) is 16.0 Å². The van der Waals surface area contributed by atoms with Crippen LogP contribution in [0.5, 0.6) is 0 Å². The Hall–Kier alpha value is -7.18. The van der Waals surface area contributed by atoms with Gasteiger partial charge in [0, 0.05) is 19.9 Å². The van der Waals surface area contributed by atoms with Crippen molar-refractivity contribution in [3.8, 4) is 0 Å². The van der Waals surface area contributed by atoms with Gasteiger partial charge in [0.25, 0.3) is 8.32 Å². The Labute approximate surface area is 446 Å². The van der Waals surface area contributed by atoms with Crippen LogP contribution in [0.1, 0.15) is 111 Å². The smallest absolute Gasteiger partial charge is 0.407 e. The van der Waals surface area contributed by atoms with E-state index in [0.717, 1.165) is 10.4 Å². The third-order valence-electron chi connectivity index (χ3n) is 12.9. The molecule has 0 bridgehead atoms. The van der Waals surface area contributed by atoms with E-state index in [1.807, 2.05) is 74.5 Å². The lowest BCUT2D eigenvalue weighted by atomic mass is 9.91. The Morgan fingerprint density at radius 2 is 1.12 bits per heavy atom. The van der Waals surface area contributed by atoms with Crippen LogP contribution in [-0.2, 0) is 38.0 Å². The molecular weight excluding hydrogens is 987 g/mol. The quantitative estimate of drug-likeness (QED) is 0.0205. The number of alkyl carbamates (subject to hydrolysis) is 1. The van der Waals surface area contributed by atoms with Gasteiger partial charge in [-0.1, -0.05) is 136 Å². The minimum absolute atomic E-state index is 0.111. The first-order chi connectivity index (χ1) is 36.3. The second-order valence-electron chi connectivity index (χ2n) is 20.4. The normalized spacial score (nSPS) is 18.0. The summed E-state index contributed by atoms with van der Waals surface area (Å²) < 4.78 is 37.3. The fraction of sp³-hybridized carbons (Fsp3) is 0.390. The van der Waals surface area contributed by atoms with E-state index < -0.39 is 92.2 Å². The van der Waals surface area contributed by atoms with Crippen LogP contribution in [0.15, 0.2) is 152 Å². The molecule has 1 fully saturated rings. The zero-order chi connectivity index (χ0) is 54.7. The van der Waals surface area contributed by atoms with Gasteiger partial charge in [0.15, 0.2) is 18.5 Å². The molecule has 404 valence electrons. The number of rotatable bonds is 24. The number of carbonyl (C=O) groups excluding carboxylic acids is 6. The molecule has 1 heterocycles. The number of nitrogens with one attached hydrogen (secondary N) is 3. The second-order valence-corrected chi connectivity index (χ2v) is 24.3. The maximum atomic E-state index is 14.2. The molecule has 4 N–H and O–H groups in total. The van der Waals surface area contributed by atoms with Crippen LogP contribution in [0, 0.1) is 0 Å². The largest absolute Gasteiger partial charge is 0.454 e. The molecule has 5 aromatic rings. The van der Waals surface area contributed by atoms with Crippen molar-refractivity contribution in [2.24, 2.45) is 0 Å². The summed E-state index contributed by atoms with van der Waals surface area (Å²) in [6.45, 7) is 10.4. The summed E-state index contributed by atoms with van der Waals surface area (Å²) in [6.07, 6.45) is -4.70. The predicted molar refractivity (Wildman–Crippen MR) is 288 cm³/mol. The van der Waals surface area contributed by atoms with Crippen molar-refractivity contribution < 1.29 is 62.0 Å². The third-order valence-corrected chi connectivity index (χ3v) is 17.5.